The second kappa shape index (κ2) is 10.2. The molecule has 9 aliphatic rings. The van der Waals surface area contributed by atoms with E-state index in [1.54, 1.807) is 0 Å². The summed E-state index contributed by atoms with van der Waals surface area (Å²) < 4.78 is 19.2. The lowest BCUT2D eigenvalue weighted by Gasteiger charge is -2.60. The summed E-state index contributed by atoms with van der Waals surface area (Å²) in [4.78, 5) is 38.5. The van der Waals surface area contributed by atoms with Gasteiger partial charge in [0.2, 0.25) is 11.6 Å². The molecule has 9 nitrogen and oxygen atoms in total. The van der Waals surface area contributed by atoms with E-state index in [1.807, 2.05) is 13.8 Å². The minimum absolute atomic E-state index is 0.000805. The van der Waals surface area contributed by atoms with Gasteiger partial charge in [0.05, 0.1) is 0 Å². The molecule has 7 saturated heterocycles. The summed E-state index contributed by atoms with van der Waals surface area (Å²) in [6.45, 7) is 14.8. The molecule has 0 aromatic rings. The highest BCUT2D eigenvalue weighted by atomic mass is 17.3. The maximum absolute atomic E-state index is 14.1. The zero-order valence-electron chi connectivity index (χ0n) is 26.5. The van der Waals surface area contributed by atoms with Gasteiger partial charge in [0.25, 0.3) is 0 Å². The van der Waals surface area contributed by atoms with Crippen molar-refractivity contribution in [3.05, 3.63) is 0 Å². The van der Waals surface area contributed by atoms with Gasteiger partial charge in [-0.1, -0.05) is 34.6 Å². The van der Waals surface area contributed by atoms with Gasteiger partial charge in [-0.05, 0) is 99.7 Å². The summed E-state index contributed by atoms with van der Waals surface area (Å²) >= 11 is 0. The van der Waals surface area contributed by atoms with E-state index in [2.05, 4.69) is 34.6 Å². The van der Waals surface area contributed by atoms with E-state index in [1.165, 1.54) is 0 Å². The van der Waals surface area contributed by atoms with Gasteiger partial charge in [-0.15, -0.1) is 0 Å². The second-order valence-electron chi connectivity index (χ2n) is 15.8. The lowest BCUT2D eigenvalue weighted by atomic mass is 9.56. The minimum atomic E-state index is -1.06. The number of carbonyl (C=O) groups excluding carboxylic acids is 1. The molecule has 1 unspecified atom stereocenters. The summed E-state index contributed by atoms with van der Waals surface area (Å²) in [6.07, 6.45) is 5.47. The predicted molar refractivity (Wildman–Crippen MR) is 150 cm³/mol. The molecule has 2 aliphatic carbocycles. The number of fused-ring (bicyclic) bond motifs is 5. The second-order valence-corrected chi connectivity index (χ2v) is 15.8. The van der Waals surface area contributed by atoms with Crippen molar-refractivity contribution in [1.29, 1.82) is 0 Å². The first kappa shape index (κ1) is 30.0. The minimum Gasteiger partial charge on any atom is -0.365 e. The molecule has 7 aliphatic heterocycles. The fourth-order valence-electron chi connectivity index (χ4n) is 10.6. The third-order valence-electron chi connectivity index (χ3n) is 13.3. The van der Waals surface area contributed by atoms with E-state index < -0.39 is 41.5 Å². The Morgan fingerprint density at radius 1 is 0.786 bits per heavy atom. The summed E-state index contributed by atoms with van der Waals surface area (Å²) in [5.74, 6) is -0.132. The summed E-state index contributed by atoms with van der Waals surface area (Å²) in [5, 5.41) is 11.4. The van der Waals surface area contributed by atoms with Crippen molar-refractivity contribution in [3.63, 3.8) is 0 Å². The molecule has 9 fully saturated rings. The first-order chi connectivity index (χ1) is 19.8. The standard InChI is InChI=1S/C33H52O9/c1-17-8-10-24(32-22(17)12-14-30(6,39-41-32)37-28(32)35)20(4)19(3)16-26(34)27-21(5)25-11-9-18(2)23-13-15-31(7)38-29(36-27)33(23,25)42-40-31/h17-25,27-29,35H,8-16H2,1-7H3/t17-,18-,19?,20+,21-,22+,23+,24+,25+,27+,28-,29-,30+,31+,32-,33-/m1/s1. The number of Topliss-reactive ketones (excluding diaryl/α,β-unsaturated/α-hetero) is 1. The van der Waals surface area contributed by atoms with E-state index in [4.69, 9.17) is 33.8 Å². The zero-order valence-corrected chi connectivity index (χ0v) is 26.5. The largest absolute Gasteiger partial charge is 0.365 e. The number of hydrogen-bond acceptors (Lipinski definition) is 9. The molecule has 4 bridgehead atoms. The van der Waals surface area contributed by atoms with Gasteiger partial charge in [-0.2, -0.15) is 0 Å². The van der Waals surface area contributed by atoms with Crippen molar-refractivity contribution in [2.45, 2.75) is 148 Å². The van der Waals surface area contributed by atoms with Gasteiger partial charge in [0, 0.05) is 25.2 Å². The van der Waals surface area contributed by atoms with E-state index in [0.717, 1.165) is 44.9 Å². The van der Waals surface area contributed by atoms with Crippen LogP contribution in [-0.4, -0.2) is 52.4 Å². The van der Waals surface area contributed by atoms with Crippen LogP contribution < -0.4 is 0 Å². The van der Waals surface area contributed by atoms with Crippen LogP contribution in [0, 0.1) is 53.3 Å². The molecule has 42 heavy (non-hydrogen) atoms. The highest BCUT2D eigenvalue weighted by Crippen LogP contribution is 2.61. The monoisotopic (exact) mass is 592 g/mol. The van der Waals surface area contributed by atoms with E-state index in [-0.39, 0.29) is 47.2 Å². The average Bonchev–Trinajstić information content (AvgIpc) is 3.31. The quantitative estimate of drug-likeness (QED) is 0.404. The molecule has 16 atom stereocenters. The molecule has 0 aromatic carbocycles. The Morgan fingerprint density at radius 3 is 2.05 bits per heavy atom. The fourth-order valence-corrected chi connectivity index (χ4v) is 10.6. The predicted octanol–water partition coefficient (Wildman–Crippen LogP) is 5.68. The van der Waals surface area contributed by atoms with Crippen LogP contribution >= 0.6 is 0 Å². The Hall–Kier alpha value is -0.650. The van der Waals surface area contributed by atoms with Crippen LogP contribution in [0.4, 0.5) is 0 Å². The molecule has 0 aromatic heterocycles. The molecule has 9 heteroatoms. The number of ether oxygens (including phenoxy) is 3. The third kappa shape index (κ3) is 4.20. The first-order valence-electron chi connectivity index (χ1n) is 16.8. The SMILES string of the molecule is CC(CC(=O)[C@H]1O[C@@H]2O[C@]3(C)CC[C@H]4[C@H](C)CC[C@@H]([C@H]1C)[C@@]24OO3)[C@H](C)[C@@H]1CC[C@@H](C)[C@@H]2CC[C@]3(C)OO[C@]21[C@H](O)O3. The number of hydrogen-bond donors (Lipinski definition) is 1. The van der Waals surface area contributed by atoms with Crippen LogP contribution in [0.3, 0.4) is 0 Å². The number of carbonyl (C=O) groups is 1. The molecule has 238 valence electrons. The van der Waals surface area contributed by atoms with Gasteiger partial charge in [-0.3, -0.25) is 4.79 Å². The summed E-state index contributed by atoms with van der Waals surface area (Å²) in [7, 11) is 0. The number of ketones is 1. The normalized spacial score (nSPS) is 56.5. The van der Waals surface area contributed by atoms with Crippen molar-refractivity contribution >= 4 is 5.78 Å². The van der Waals surface area contributed by atoms with Gasteiger partial charge in [0.1, 0.15) is 6.10 Å². The van der Waals surface area contributed by atoms with Crippen molar-refractivity contribution < 1.29 is 43.7 Å². The van der Waals surface area contributed by atoms with Crippen LogP contribution in [0.5, 0.6) is 0 Å². The number of aliphatic hydroxyl groups is 1. The molecular weight excluding hydrogens is 540 g/mol. The Bertz CT molecular complexity index is 1070. The van der Waals surface area contributed by atoms with Crippen LogP contribution in [0.1, 0.15) is 106 Å². The maximum Gasteiger partial charge on any atom is 0.201 e. The van der Waals surface area contributed by atoms with E-state index in [0.29, 0.717) is 24.7 Å². The van der Waals surface area contributed by atoms with Crippen LogP contribution in [0.2, 0.25) is 0 Å². The molecule has 9 rings (SSSR count). The Morgan fingerprint density at radius 2 is 1.38 bits per heavy atom. The Kier molecular flexibility index (Phi) is 7.28. The van der Waals surface area contributed by atoms with Gasteiger partial charge in [0.15, 0.2) is 29.6 Å². The van der Waals surface area contributed by atoms with Gasteiger partial charge in [-0.25, -0.2) is 19.6 Å². The number of aliphatic hydroxyl groups excluding tert-OH is 1. The van der Waals surface area contributed by atoms with Crippen molar-refractivity contribution in [2.75, 3.05) is 0 Å². The van der Waals surface area contributed by atoms with Crippen molar-refractivity contribution in [1.82, 2.24) is 0 Å². The molecule has 7 heterocycles. The maximum atomic E-state index is 14.1. The van der Waals surface area contributed by atoms with Gasteiger partial charge >= 0.3 is 0 Å². The first-order valence-corrected chi connectivity index (χ1v) is 16.8. The lowest BCUT2D eigenvalue weighted by molar-refractivity contribution is -0.569. The summed E-state index contributed by atoms with van der Waals surface area (Å²) in [5.41, 5.74) is -1.60. The Balaban J connectivity index is 1.11. The van der Waals surface area contributed by atoms with Crippen LogP contribution in [-0.2, 0) is 38.6 Å². The topological polar surface area (TPSA) is 102 Å². The fraction of sp³-hybridized carbons (Fsp3) is 0.970. The molecular formula is C33H52O9. The van der Waals surface area contributed by atoms with E-state index >= 15 is 0 Å². The average molecular weight is 593 g/mol. The molecule has 0 amide bonds. The smallest absolute Gasteiger partial charge is 0.201 e. The highest BCUT2D eigenvalue weighted by Gasteiger charge is 2.70. The summed E-state index contributed by atoms with van der Waals surface area (Å²) in [6, 6.07) is 0. The van der Waals surface area contributed by atoms with Crippen molar-refractivity contribution in [2.24, 2.45) is 53.3 Å². The number of rotatable bonds is 5. The molecule has 1 N–H and O–H groups in total. The van der Waals surface area contributed by atoms with Crippen molar-refractivity contribution in [3.8, 4) is 0 Å². The zero-order chi connectivity index (χ0) is 29.8. The molecule has 2 spiro atoms. The molecule has 0 radical (unpaired) electrons. The van der Waals surface area contributed by atoms with E-state index in [9.17, 15) is 9.90 Å². The van der Waals surface area contributed by atoms with Crippen LogP contribution in [0.15, 0.2) is 0 Å². The lowest BCUT2D eigenvalue weighted by Crippen LogP contribution is -2.71. The molecule has 2 saturated carbocycles. The van der Waals surface area contributed by atoms with Crippen LogP contribution in [0.25, 0.3) is 0 Å². The van der Waals surface area contributed by atoms with Gasteiger partial charge < -0.3 is 19.3 Å². The highest BCUT2D eigenvalue weighted by molar-refractivity contribution is 5.83. The third-order valence-corrected chi connectivity index (χ3v) is 13.3. The Labute approximate surface area is 250 Å².